The number of Topliss-reactive ketones (excluding diaryl/α,β-unsaturated/α-hetero) is 3. The van der Waals surface area contributed by atoms with E-state index < -0.39 is 59.7 Å². The number of aliphatic hydroxyl groups is 1. The summed E-state index contributed by atoms with van der Waals surface area (Å²) >= 11 is 0. The Hall–Kier alpha value is -3.27. The van der Waals surface area contributed by atoms with E-state index in [1.165, 1.54) is 0 Å². The molecule has 2 N–H and O–H groups in total. The maximum atomic E-state index is 11.9. The fraction of sp³-hybridized carbons (Fsp3) is 0.389. The molecule has 0 spiro atoms. The second-order valence-corrected chi connectivity index (χ2v) is 6.16. The fourth-order valence-corrected chi connectivity index (χ4v) is 2.43. The third-order valence-corrected chi connectivity index (χ3v) is 4.04. The van der Waals surface area contributed by atoms with Crippen LogP contribution in [0.2, 0.25) is 0 Å². The number of ketones is 3. The highest BCUT2D eigenvalue weighted by molar-refractivity contribution is 6.67. The van der Waals surface area contributed by atoms with Gasteiger partial charge in [-0.2, -0.15) is 0 Å². The number of amides is 1. The number of carbonyl (C=O) groups excluding carboxylic acids is 6. The summed E-state index contributed by atoms with van der Waals surface area (Å²) in [6.07, 6.45) is 1.28. The number of carbonyl (C=O) groups is 6. The smallest absolute Gasteiger partial charge is 0.386 e. The second-order valence-electron chi connectivity index (χ2n) is 6.16. The van der Waals surface area contributed by atoms with Crippen LogP contribution in [0.1, 0.15) is 50.3 Å². The lowest BCUT2D eigenvalue weighted by Crippen LogP contribution is -2.36. The lowest BCUT2D eigenvalue weighted by atomic mass is 9.93. The van der Waals surface area contributed by atoms with Crippen LogP contribution >= 0.6 is 0 Å². The van der Waals surface area contributed by atoms with E-state index in [0.717, 1.165) is 18.9 Å². The molecule has 0 saturated carbocycles. The van der Waals surface area contributed by atoms with Crippen LogP contribution in [0.4, 0.5) is 0 Å². The Bertz CT molecular complexity index is 885. The van der Waals surface area contributed by atoms with Gasteiger partial charge in [0.25, 0.3) is 5.78 Å². The quantitative estimate of drug-likeness (QED) is 0.247. The highest BCUT2D eigenvalue weighted by atomic mass is 16.6. The SMILES string of the molecule is O=C(CCC(=O)C(=O)C(=O)C1=CCCCC1)OC(=O)C(=O)NC(O)c1cc1=O. The van der Waals surface area contributed by atoms with Crippen LogP contribution in [0.15, 0.2) is 22.5 Å². The summed E-state index contributed by atoms with van der Waals surface area (Å²) in [5.41, 5.74) is -0.310. The molecule has 1 aromatic carbocycles. The van der Waals surface area contributed by atoms with Gasteiger partial charge in [-0.05, 0) is 37.3 Å². The molecule has 0 fully saturated rings. The molecule has 0 aliphatic heterocycles. The van der Waals surface area contributed by atoms with Gasteiger partial charge in [0.05, 0.1) is 12.0 Å². The molecule has 0 saturated heterocycles. The molecule has 1 aromatic rings. The summed E-state index contributed by atoms with van der Waals surface area (Å²) in [5, 5.41) is 11.1. The van der Waals surface area contributed by atoms with Gasteiger partial charge >= 0.3 is 17.8 Å². The average molecular weight is 391 g/mol. The zero-order chi connectivity index (χ0) is 20.8. The van der Waals surface area contributed by atoms with Crippen LogP contribution in [0.3, 0.4) is 0 Å². The summed E-state index contributed by atoms with van der Waals surface area (Å²) in [5.74, 6) is -7.62. The Morgan fingerprint density at radius 3 is 2.36 bits per heavy atom. The van der Waals surface area contributed by atoms with Crippen molar-refractivity contribution in [3.8, 4) is 0 Å². The number of rotatable bonds is 8. The Morgan fingerprint density at radius 1 is 1.11 bits per heavy atom. The molecule has 10 nitrogen and oxygen atoms in total. The number of aliphatic hydroxyl groups excluding tert-OH is 1. The molecule has 148 valence electrons. The van der Waals surface area contributed by atoms with E-state index >= 15 is 0 Å². The third kappa shape index (κ3) is 5.61. The van der Waals surface area contributed by atoms with Crippen LogP contribution in [0, 0.1) is 0 Å². The molecule has 2 rings (SSSR count). The molecular weight excluding hydrogens is 374 g/mol. The van der Waals surface area contributed by atoms with Crippen LogP contribution in [-0.2, 0) is 33.5 Å². The molecule has 0 heterocycles. The van der Waals surface area contributed by atoms with Crippen molar-refractivity contribution in [1.82, 2.24) is 5.32 Å². The van der Waals surface area contributed by atoms with Gasteiger partial charge in [0, 0.05) is 6.42 Å². The van der Waals surface area contributed by atoms with Gasteiger partial charge in [-0.25, -0.2) is 4.79 Å². The molecule has 28 heavy (non-hydrogen) atoms. The van der Waals surface area contributed by atoms with E-state index in [1.54, 1.807) is 11.4 Å². The number of hydrogen-bond donors (Lipinski definition) is 2. The van der Waals surface area contributed by atoms with Crippen molar-refractivity contribution in [2.24, 2.45) is 0 Å². The maximum absolute atomic E-state index is 11.9. The monoisotopic (exact) mass is 391 g/mol. The van der Waals surface area contributed by atoms with Crippen LogP contribution in [0.25, 0.3) is 0 Å². The summed E-state index contributed by atoms with van der Waals surface area (Å²) < 4.78 is 4.18. The van der Waals surface area contributed by atoms with Gasteiger partial charge in [0.1, 0.15) is 0 Å². The third-order valence-electron chi connectivity index (χ3n) is 4.04. The van der Waals surface area contributed by atoms with Crippen molar-refractivity contribution in [3.05, 3.63) is 33.5 Å². The largest absolute Gasteiger partial charge is 0.404 e. The minimum atomic E-state index is -1.69. The molecule has 0 aromatic heterocycles. The maximum Gasteiger partial charge on any atom is 0.404 e. The molecular formula is C18H17NO9. The Balaban J connectivity index is 1.75. The van der Waals surface area contributed by atoms with E-state index in [-0.39, 0.29) is 11.1 Å². The fourth-order valence-electron chi connectivity index (χ4n) is 2.43. The number of ether oxygens (including phenoxy) is 1. The Kier molecular flexibility index (Phi) is 6.83. The van der Waals surface area contributed by atoms with Crippen molar-refractivity contribution in [3.63, 3.8) is 0 Å². The lowest BCUT2D eigenvalue weighted by Gasteiger charge is -2.10. The van der Waals surface area contributed by atoms with Crippen LogP contribution < -0.4 is 10.7 Å². The predicted molar refractivity (Wildman–Crippen MR) is 90.1 cm³/mol. The van der Waals surface area contributed by atoms with Gasteiger partial charge in [0.15, 0.2) is 11.7 Å². The number of allylic oxidation sites excluding steroid dienone is 2. The van der Waals surface area contributed by atoms with E-state index in [9.17, 15) is 38.7 Å². The number of hydrogen-bond acceptors (Lipinski definition) is 9. The van der Waals surface area contributed by atoms with Crippen molar-refractivity contribution in [2.45, 2.75) is 44.8 Å². The first-order chi connectivity index (χ1) is 13.2. The van der Waals surface area contributed by atoms with Crippen LogP contribution in [-0.4, -0.2) is 40.3 Å². The van der Waals surface area contributed by atoms with Crippen molar-refractivity contribution < 1.29 is 38.6 Å². The summed E-state index contributed by atoms with van der Waals surface area (Å²) in [4.78, 5) is 80.6. The Morgan fingerprint density at radius 2 is 1.79 bits per heavy atom. The highest BCUT2D eigenvalue weighted by Crippen LogP contribution is 2.18. The normalized spacial score (nSPS) is 14.7. The summed E-state index contributed by atoms with van der Waals surface area (Å²) in [6, 6.07) is 1.04. The molecule has 1 unspecified atom stereocenters. The predicted octanol–water partition coefficient (Wildman–Crippen LogP) is -0.913. The molecule has 0 bridgehead atoms. The standard InChI is InChI=1S/C18H17NO9/c20-11(15(24)14(23)9-4-2-1-3-5-9)6-7-13(22)28-18(27)17(26)19-16(25)10-8-12(10)21/h4,8,16,25H,1-3,5-7H2,(H,19,26). The van der Waals surface area contributed by atoms with Gasteiger partial charge < -0.3 is 15.2 Å². The molecule has 0 radical (unpaired) electrons. The lowest BCUT2D eigenvalue weighted by molar-refractivity contribution is -0.166. The van der Waals surface area contributed by atoms with Crippen molar-refractivity contribution in [1.29, 1.82) is 0 Å². The first kappa shape index (κ1) is 21.0. The first-order valence-corrected chi connectivity index (χ1v) is 8.51. The Labute approximate surface area is 158 Å². The molecule has 1 aliphatic carbocycles. The van der Waals surface area contributed by atoms with Gasteiger partial charge in [-0.1, -0.05) is 6.08 Å². The van der Waals surface area contributed by atoms with Gasteiger partial charge in [-0.3, -0.25) is 28.8 Å². The molecule has 1 atom stereocenters. The summed E-state index contributed by atoms with van der Waals surface area (Å²) in [7, 11) is 0. The first-order valence-electron chi connectivity index (χ1n) is 8.51. The van der Waals surface area contributed by atoms with Crippen LogP contribution in [0.5, 0.6) is 0 Å². The van der Waals surface area contributed by atoms with E-state index in [4.69, 9.17) is 0 Å². The van der Waals surface area contributed by atoms with E-state index in [1.807, 2.05) is 0 Å². The molecule has 1 amide bonds. The van der Waals surface area contributed by atoms with Gasteiger partial charge in [-0.15, -0.1) is 0 Å². The summed E-state index contributed by atoms with van der Waals surface area (Å²) in [6.45, 7) is 0. The molecule has 1 aliphatic rings. The average Bonchev–Trinajstić information content (AvgIpc) is 3.42. The number of nitrogens with one attached hydrogen (secondary N) is 1. The zero-order valence-electron chi connectivity index (χ0n) is 14.7. The van der Waals surface area contributed by atoms with Crippen molar-refractivity contribution in [2.75, 3.05) is 0 Å². The van der Waals surface area contributed by atoms with E-state index in [0.29, 0.717) is 12.8 Å². The minimum absolute atomic E-state index is 0.102. The zero-order valence-corrected chi connectivity index (χ0v) is 14.7. The van der Waals surface area contributed by atoms with E-state index in [2.05, 4.69) is 4.74 Å². The topological polar surface area (TPSA) is 161 Å². The minimum Gasteiger partial charge on any atom is -0.386 e. The highest BCUT2D eigenvalue weighted by Gasteiger charge is 2.28. The van der Waals surface area contributed by atoms with Crippen molar-refractivity contribution >= 4 is 35.2 Å². The second kappa shape index (κ2) is 9.09. The molecule has 10 heteroatoms. The van der Waals surface area contributed by atoms with Gasteiger partial charge in [0.2, 0.25) is 11.6 Å². The number of esters is 2.